The van der Waals surface area contributed by atoms with E-state index in [1.165, 1.54) is 0 Å². The molecule has 1 aromatic carbocycles. The van der Waals surface area contributed by atoms with E-state index in [1.807, 2.05) is 12.2 Å². The van der Waals surface area contributed by atoms with E-state index < -0.39 is 294 Å². The number of nitrogens with zero attached hydrogens (tertiary/aromatic N) is 1. The Morgan fingerprint density at radius 1 is 0.566 bits per heavy atom. The molecule has 2 saturated heterocycles. The van der Waals surface area contributed by atoms with Gasteiger partial charge in [0, 0.05) is 51.4 Å². The fraction of sp³-hybridized carbons (Fsp3) is 0.667. The number of carbonyl (C=O) groups excluding carboxylic acids is 14. The second kappa shape index (κ2) is 55.1. The number of nitrogens with two attached hydrogens (primary N) is 4. The number of carbonyl (C=O) groups is 18. The number of aliphatic hydroxyl groups excluding tert-OH is 5. The Morgan fingerprint density at radius 2 is 1.07 bits per heavy atom. The summed E-state index contributed by atoms with van der Waals surface area (Å²) in [6, 6.07) is -6.06. The van der Waals surface area contributed by atoms with Crippen molar-refractivity contribution in [2.24, 2.45) is 28.9 Å². The molecule has 2 aliphatic rings. The van der Waals surface area contributed by atoms with E-state index in [-0.39, 0.29) is 77.2 Å². The Hall–Kier alpha value is -11.0. The number of carboxylic acid groups (broad SMARTS) is 4. The number of aliphatic hydroxyl groups is 5. The highest BCUT2D eigenvalue weighted by atomic mass is 19.4. The normalized spacial score (nSPS) is 19.1. The molecule has 122 heavy (non-hydrogen) atoms. The lowest BCUT2D eigenvalue weighted by Crippen LogP contribution is -2.60. The van der Waals surface area contributed by atoms with E-state index in [0.717, 1.165) is 11.8 Å². The van der Waals surface area contributed by atoms with Gasteiger partial charge in [-0.05, 0) is 96.1 Å². The van der Waals surface area contributed by atoms with Crippen LogP contribution in [0.15, 0.2) is 30.3 Å². The van der Waals surface area contributed by atoms with E-state index in [4.69, 9.17) is 42.3 Å². The number of amides is 14. The Balaban J connectivity index is 0.00000687. The van der Waals surface area contributed by atoms with Crippen molar-refractivity contribution in [2.45, 2.75) is 234 Å². The molecule has 688 valence electrons. The summed E-state index contributed by atoms with van der Waals surface area (Å²) in [7, 11) is 0. The average Bonchev–Trinajstić information content (AvgIpc) is 1.19. The molecular formula is C72H115F3N18O29. The number of aliphatic carboxylic acids is 4. The highest BCUT2D eigenvalue weighted by Crippen LogP contribution is 2.25. The summed E-state index contributed by atoms with van der Waals surface area (Å²) in [6.07, 6.45) is -19.8. The van der Waals surface area contributed by atoms with Crippen molar-refractivity contribution < 1.29 is 155 Å². The van der Waals surface area contributed by atoms with Crippen molar-refractivity contribution in [3.63, 3.8) is 0 Å². The lowest BCUT2D eigenvalue weighted by Gasteiger charge is -2.40. The van der Waals surface area contributed by atoms with Crippen LogP contribution in [0.1, 0.15) is 123 Å². The molecule has 1 aromatic rings. The number of likely N-dealkylation sites (tertiary alicyclic amines) is 1. The molecule has 0 saturated carbocycles. The van der Waals surface area contributed by atoms with E-state index in [1.54, 1.807) is 44.2 Å². The number of primary amides is 1. The van der Waals surface area contributed by atoms with Crippen molar-refractivity contribution in [1.82, 2.24) is 74.0 Å². The third-order valence-electron chi connectivity index (χ3n) is 18.8. The molecule has 0 bridgehead atoms. The number of halogens is 3. The Labute approximate surface area is 697 Å². The van der Waals surface area contributed by atoms with Crippen LogP contribution in [-0.2, 0) is 102 Å². The molecule has 0 radical (unpaired) electrons. The topological polar surface area (TPSA) is 772 Å². The van der Waals surface area contributed by atoms with E-state index in [2.05, 4.69) is 63.8 Å². The van der Waals surface area contributed by atoms with Gasteiger partial charge in [0.1, 0.15) is 72.8 Å². The summed E-state index contributed by atoms with van der Waals surface area (Å²) in [4.78, 5) is 234. The Bertz CT molecular complexity index is 3670. The molecule has 14 amide bonds. The minimum Gasteiger partial charge on any atom is -0.481 e. The number of hydrogen-bond donors (Lipinski definition) is 26. The van der Waals surface area contributed by atoms with Crippen molar-refractivity contribution in [3.8, 4) is 0 Å². The Morgan fingerprint density at radius 3 is 1.56 bits per heavy atom. The SMILES string of the molecule is CC[C@H](C)[C@H](NC(=O)CN)C(=O)N[C@@H](C)CNCC(=O)N[C@@H](Cc1ccccc1)C(=O)N[C@@H](CC[C@H](CN)O[C@@H]1O[C@H](CO)[C@H](O)[C@H](O)[C@H]1O)C(=O)NCC(=O)N[C@@H](CCC(=O)O)C(=O)N[C@@H](CCC(N)=O)C(=O)NCC(=O)N1CCC[C@H]1C(=O)N[C@@H](CCCCN)C(=O)NCC(=O)N[C@@H](CCC(=O)O)C(=O)N[C@H](C(=O)O)[C@@H](C)O.O=C(O)C(F)(F)F. The van der Waals surface area contributed by atoms with Gasteiger partial charge in [-0.15, -0.1) is 0 Å². The van der Waals surface area contributed by atoms with Crippen molar-refractivity contribution in [1.29, 1.82) is 0 Å². The molecule has 0 unspecified atom stereocenters. The molecule has 2 heterocycles. The number of benzene rings is 1. The summed E-state index contributed by atoms with van der Waals surface area (Å²) in [5.41, 5.74) is 23.1. The van der Waals surface area contributed by atoms with Crippen molar-refractivity contribution >= 4 is 107 Å². The maximum absolute atomic E-state index is 14.5. The minimum atomic E-state index is -5.08. The molecule has 50 heteroatoms. The predicted molar refractivity (Wildman–Crippen MR) is 413 cm³/mol. The van der Waals surface area contributed by atoms with Crippen molar-refractivity contribution in [2.75, 3.05) is 65.5 Å². The van der Waals surface area contributed by atoms with Gasteiger partial charge >= 0.3 is 30.1 Å². The molecule has 3 rings (SSSR count). The van der Waals surface area contributed by atoms with E-state index >= 15 is 0 Å². The second-order valence-corrected chi connectivity index (χ2v) is 28.6. The minimum absolute atomic E-state index is 0.0181. The first-order chi connectivity index (χ1) is 57.3. The number of alkyl halides is 3. The van der Waals surface area contributed by atoms with Gasteiger partial charge in [0.2, 0.25) is 82.7 Å². The van der Waals surface area contributed by atoms with E-state index in [9.17, 15) is 136 Å². The van der Waals surface area contributed by atoms with Crippen LogP contribution in [0, 0.1) is 5.92 Å². The van der Waals surface area contributed by atoms with Crippen LogP contribution in [0.3, 0.4) is 0 Å². The molecule has 18 atom stereocenters. The first kappa shape index (κ1) is 107. The molecular weight excluding hydrogens is 1640 g/mol. The summed E-state index contributed by atoms with van der Waals surface area (Å²) < 4.78 is 43.1. The first-order valence-electron chi connectivity index (χ1n) is 38.9. The van der Waals surface area contributed by atoms with E-state index in [0.29, 0.717) is 18.4 Å². The van der Waals surface area contributed by atoms with Gasteiger partial charge in [-0.25, -0.2) is 9.59 Å². The van der Waals surface area contributed by atoms with Gasteiger partial charge in [0.25, 0.3) is 0 Å². The lowest BCUT2D eigenvalue weighted by molar-refractivity contribution is -0.310. The Kier molecular flexibility index (Phi) is 48.4. The fourth-order valence-electron chi connectivity index (χ4n) is 11.9. The summed E-state index contributed by atoms with van der Waals surface area (Å²) >= 11 is 0. The van der Waals surface area contributed by atoms with Crippen LogP contribution < -0.4 is 92.1 Å². The average molecular weight is 1750 g/mol. The van der Waals surface area contributed by atoms with Gasteiger partial charge in [0.05, 0.1) is 51.5 Å². The van der Waals surface area contributed by atoms with Crippen LogP contribution in [0.4, 0.5) is 13.2 Å². The number of unbranched alkanes of at least 4 members (excludes halogenated alkanes) is 1. The zero-order valence-electron chi connectivity index (χ0n) is 67.5. The number of carboxylic acids is 4. The summed E-state index contributed by atoms with van der Waals surface area (Å²) in [5, 5.41) is 118. The molecule has 30 N–H and O–H groups in total. The largest absolute Gasteiger partial charge is 0.490 e. The molecule has 2 fully saturated rings. The van der Waals surface area contributed by atoms with Gasteiger partial charge in [0.15, 0.2) is 12.3 Å². The molecule has 47 nitrogen and oxygen atoms in total. The van der Waals surface area contributed by atoms with Crippen LogP contribution in [0.2, 0.25) is 0 Å². The van der Waals surface area contributed by atoms with Crippen LogP contribution in [0.5, 0.6) is 0 Å². The first-order valence-corrected chi connectivity index (χ1v) is 38.9. The highest BCUT2D eigenvalue weighted by Gasteiger charge is 2.46. The second-order valence-electron chi connectivity index (χ2n) is 28.6. The van der Waals surface area contributed by atoms with Crippen LogP contribution in [0.25, 0.3) is 0 Å². The zero-order chi connectivity index (χ0) is 92.3. The molecule has 0 aliphatic carbocycles. The molecule has 0 aromatic heterocycles. The quantitative estimate of drug-likeness (QED) is 0.0269. The van der Waals surface area contributed by atoms with Gasteiger partial charge in [-0.2, -0.15) is 13.2 Å². The maximum atomic E-state index is 14.5. The van der Waals surface area contributed by atoms with Crippen molar-refractivity contribution in [3.05, 3.63) is 35.9 Å². The van der Waals surface area contributed by atoms with Crippen LogP contribution >= 0.6 is 0 Å². The summed E-state index contributed by atoms with van der Waals surface area (Å²) in [5.74, 6) is -20.7. The van der Waals surface area contributed by atoms with Gasteiger partial charge in [-0.1, -0.05) is 50.6 Å². The zero-order valence-corrected chi connectivity index (χ0v) is 67.5. The van der Waals surface area contributed by atoms with Gasteiger partial charge in [-0.3, -0.25) is 76.7 Å². The number of rotatable bonds is 54. The third kappa shape index (κ3) is 39.7. The summed E-state index contributed by atoms with van der Waals surface area (Å²) in [6.45, 7) is 1.74. The number of ether oxygens (including phenoxy) is 2. The highest BCUT2D eigenvalue weighted by molar-refractivity contribution is 5.99. The number of nitrogens with one attached hydrogen (secondary N) is 13. The standard InChI is InChI=1S/C70H114N18O27.C2HF3O2/c1-5-35(2)56(86-49(92)28-73)68(111)79-36(3)29-75-30-50(93)82-45(26-38-12-7-6-8-13-38)66(109)84-41(17-16-39(27-72)114-70-60(103)59(102)58(101)47(34-89)115-70)62(105)77-32-51(94)80-43(19-22-54(97)98)64(107)83-42(18-21-48(74)91)63(106)78-33-53(96)88-25-11-15-46(88)67(110)85-40(14-9-10-24-71)61(104)76-31-52(95)81-44(20-23-55(99)100)65(108)87-57(37(4)90)69(112)113;3-2(4,5)1(6)7/h6-8,12-13,35-37,39-47,56-60,70,75,89-90,101-103H,5,9-11,14-34,71-73H2,1-4H3,(H2,74,91)(H,76,104)(H,77,105)(H,78,106)(H,79,111)(H,80,94)(H,81,95)(H,82,93)(H,83,107)(H,84,109)(H,85,110)(H,86,92)(H,87,108)(H,97,98)(H,99,100)(H,112,113);(H,6,7)/t35-,36-,37+,39+,40-,41-,42-,43-,44-,45-,46-,47+,56-,57-,58-,59-,60+,70+;/m0./s1. The smallest absolute Gasteiger partial charge is 0.481 e. The third-order valence-corrected chi connectivity index (χ3v) is 18.8. The van der Waals surface area contributed by atoms with Crippen LogP contribution in [-0.4, -0.2) is 332 Å². The maximum Gasteiger partial charge on any atom is 0.490 e. The van der Waals surface area contributed by atoms with Gasteiger partial charge < -0.3 is 152 Å². The number of hydrogen-bond acceptors (Lipinski definition) is 29. The fourth-order valence-corrected chi connectivity index (χ4v) is 11.9. The predicted octanol–water partition coefficient (Wildman–Crippen LogP) is -10.3. The molecule has 2 aliphatic heterocycles. The molecule has 0 spiro atoms. The lowest BCUT2D eigenvalue weighted by atomic mass is 9.98. The monoisotopic (exact) mass is 1750 g/mol.